The van der Waals surface area contributed by atoms with Gasteiger partial charge in [0.2, 0.25) is 0 Å². The number of anilines is 1. The fraction of sp³-hybridized carbons (Fsp3) is 0.571. The molecule has 2 N–H and O–H groups in total. The first-order valence-corrected chi connectivity index (χ1v) is 6.57. The minimum atomic E-state index is -0.759. The lowest BCUT2D eigenvalue weighted by Crippen LogP contribution is -2.38. The van der Waals surface area contributed by atoms with E-state index in [2.05, 4.69) is 4.90 Å². The van der Waals surface area contributed by atoms with Crippen molar-refractivity contribution in [3.63, 3.8) is 0 Å². The smallest absolute Gasteiger partial charge is 0.0776 e. The molecule has 1 unspecified atom stereocenters. The Labute approximate surface area is 114 Å². The van der Waals surface area contributed by atoms with Gasteiger partial charge in [-0.25, -0.2) is 0 Å². The van der Waals surface area contributed by atoms with Crippen LogP contribution < -0.4 is 4.90 Å². The summed E-state index contributed by atoms with van der Waals surface area (Å²) in [7, 11) is 0. The lowest BCUT2D eigenvalue weighted by Gasteiger charge is -2.30. The van der Waals surface area contributed by atoms with Crippen molar-refractivity contribution >= 4 is 17.3 Å². The van der Waals surface area contributed by atoms with Crippen molar-refractivity contribution in [3.05, 3.63) is 28.8 Å². The van der Waals surface area contributed by atoms with Crippen LogP contribution in [0.3, 0.4) is 0 Å². The first-order valence-electron chi connectivity index (χ1n) is 6.19. The van der Waals surface area contributed by atoms with Gasteiger partial charge in [0.05, 0.1) is 11.7 Å². The molecule has 0 spiro atoms. The molecule has 1 rings (SSSR count). The van der Waals surface area contributed by atoms with Gasteiger partial charge < -0.3 is 15.1 Å². The number of rotatable bonds is 5. The van der Waals surface area contributed by atoms with E-state index >= 15 is 0 Å². The lowest BCUT2D eigenvalue weighted by atomic mass is 10.1. The van der Waals surface area contributed by atoms with Gasteiger partial charge in [-0.3, -0.25) is 0 Å². The summed E-state index contributed by atoms with van der Waals surface area (Å²) >= 11 is 6.15. The largest absolute Gasteiger partial charge is 0.389 e. The second-order valence-corrected chi connectivity index (χ2v) is 5.62. The average Bonchev–Trinajstić information content (AvgIpc) is 2.24. The summed E-state index contributed by atoms with van der Waals surface area (Å²) in [4.78, 5) is 2.05. The van der Waals surface area contributed by atoms with Crippen LogP contribution >= 0.6 is 11.6 Å². The fourth-order valence-corrected chi connectivity index (χ4v) is 2.24. The summed E-state index contributed by atoms with van der Waals surface area (Å²) in [5.41, 5.74) is 0.916. The van der Waals surface area contributed by atoms with Crippen LogP contribution in [-0.4, -0.2) is 28.9 Å². The molecule has 3 nitrogen and oxygen atoms in total. The van der Waals surface area contributed by atoms with Crippen LogP contribution in [0.4, 0.5) is 5.69 Å². The predicted molar refractivity (Wildman–Crippen MR) is 76.3 cm³/mol. The lowest BCUT2D eigenvalue weighted by molar-refractivity contribution is 0.0876. The number of hydrogen-bond acceptors (Lipinski definition) is 3. The molecule has 0 aromatic heterocycles. The number of likely N-dealkylation sites (N-methyl/N-ethyl adjacent to an activating group) is 1. The first kappa shape index (κ1) is 15.3. The quantitative estimate of drug-likeness (QED) is 0.865. The highest BCUT2D eigenvalue weighted by Crippen LogP contribution is 2.28. The number of hydrogen-bond donors (Lipinski definition) is 2. The molecule has 1 aromatic rings. The second-order valence-electron chi connectivity index (χ2n) is 5.21. The Morgan fingerprint density at radius 3 is 2.39 bits per heavy atom. The molecule has 1 aromatic carbocycles. The Morgan fingerprint density at radius 1 is 1.39 bits per heavy atom. The highest BCUT2D eigenvalue weighted by atomic mass is 35.5. The van der Waals surface area contributed by atoms with Crippen LogP contribution in [0.5, 0.6) is 0 Å². The van der Waals surface area contributed by atoms with Gasteiger partial charge in [-0.05, 0) is 45.4 Å². The van der Waals surface area contributed by atoms with Gasteiger partial charge in [0.25, 0.3) is 0 Å². The second kappa shape index (κ2) is 5.91. The molecule has 0 aliphatic heterocycles. The fourth-order valence-electron chi connectivity index (χ4n) is 1.90. The minimum absolute atomic E-state index is 0.536. The van der Waals surface area contributed by atoms with Crippen LogP contribution in [0.2, 0.25) is 5.02 Å². The maximum Gasteiger partial charge on any atom is 0.0776 e. The van der Waals surface area contributed by atoms with Crippen LogP contribution in [0, 0.1) is 0 Å². The number of benzene rings is 1. The molecule has 1 atom stereocenters. The van der Waals surface area contributed by atoms with E-state index in [9.17, 15) is 10.2 Å². The van der Waals surface area contributed by atoms with Crippen LogP contribution in [0.1, 0.15) is 39.4 Å². The molecular weight excluding hydrogens is 250 g/mol. The van der Waals surface area contributed by atoms with E-state index in [4.69, 9.17) is 11.6 Å². The van der Waals surface area contributed by atoms with Gasteiger partial charge in [0.15, 0.2) is 0 Å². The third kappa shape index (κ3) is 4.16. The molecule has 0 heterocycles. The zero-order valence-corrected chi connectivity index (χ0v) is 12.2. The van der Waals surface area contributed by atoms with E-state index in [0.29, 0.717) is 11.6 Å². The third-order valence-corrected chi connectivity index (χ3v) is 3.09. The molecule has 0 bridgehead atoms. The minimum Gasteiger partial charge on any atom is -0.389 e. The topological polar surface area (TPSA) is 43.7 Å². The molecule has 102 valence electrons. The van der Waals surface area contributed by atoms with E-state index in [0.717, 1.165) is 17.8 Å². The maximum atomic E-state index is 9.88. The number of aliphatic hydroxyl groups is 2. The Morgan fingerprint density at radius 2 is 2.00 bits per heavy atom. The van der Waals surface area contributed by atoms with Crippen molar-refractivity contribution in [3.8, 4) is 0 Å². The summed E-state index contributed by atoms with van der Waals surface area (Å²) in [5.74, 6) is 0. The van der Waals surface area contributed by atoms with Crippen LogP contribution in [0.15, 0.2) is 18.2 Å². The highest BCUT2D eigenvalue weighted by Gasteiger charge is 2.18. The highest BCUT2D eigenvalue weighted by molar-refractivity contribution is 6.31. The molecule has 0 radical (unpaired) electrons. The molecule has 0 aliphatic rings. The molecule has 0 amide bonds. The van der Waals surface area contributed by atoms with Gasteiger partial charge in [0, 0.05) is 23.8 Å². The molecule has 0 saturated heterocycles. The normalized spacial score (nSPS) is 13.5. The number of nitrogens with zero attached hydrogens (tertiary/aromatic N) is 1. The summed E-state index contributed by atoms with van der Waals surface area (Å²) in [6.07, 6.45) is -0.573. The maximum absolute atomic E-state index is 9.88. The Hall–Kier alpha value is -0.770. The summed E-state index contributed by atoms with van der Waals surface area (Å²) in [6, 6.07) is 5.58. The van der Waals surface area contributed by atoms with Crippen LogP contribution in [0.25, 0.3) is 0 Å². The number of halogens is 1. The summed E-state index contributed by atoms with van der Waals surface area (Å²) in [5, 5.41) is 20.0. The Bertz CT molecular complexity index is 399. The van der Waals surface area contributed by atoms with Gasteiger partial charge >= 0.3 is 0 Å². The van der Waals surface area contributed by atoms with Crippen LogP contribution in [-0.2, 0) is 0 Å². The van der Waals surface area contributed by atoms with Gasteiger partial charge in [-0.15, -0.1) is 0 Å². The number of aliphatic hydroxyl groups excluding tert-OH is 1. The first-order chi connectivity index (χ1) is 8.24. The van der Waals surface area contributed by atoms with Crippen molar-refractivity contribution in [1.29, 1.82) is 0 Å². The monoisotopic (exact) mass is 271 g/mol. The summed E-state index contributed by atoms with van der Waals surface area (Å²) < 4.78 is 0. The molecule has 0 fully saturated rings. The SMILES string of the molecule is CCN(CC(C)(C)O)c1ccc(C(C)O)c(Cl)c1. The van der Waals surface area contributed by atoms with Gasteiger partial charge in [-0.2, -0.15) is 0 Å². The molecule has 4 heteroatoms. The zero-order valence-electron chi connectivity index (χ0n) is 11.4. The van der Waals surface area contributed by atoms with Crippen molar-refractivity contribution < 1.29 is 10.2 Å². The van der Waals surface area contributed by atoms with Crippen molar-refractivity contribution in [2.45, 2.75) is 39.4 Å². The average molecular weight is 272 g/mol. The zero-order chi connectivity index (χ0) is 13.9. The Balaban J connectivity index is 2.98. The Kier molecular flexibility index (Phi) is 5.02. The third-order valence-electron chi connectivity index (χ3n) is 2.76. The van der Waals surface area contributed by atoms with Crippen molar-refractivity contribution in [1.82, 2.24) is 0 Å². The standard InChI is InChI=1S/C14H22ClNO2/c1-5-16(9-14(3,4)18)11-6-7-12(10(2)17)13(15)8-11/h6-8,10,17-18H,5,9H2,1-4H3. The van der Waals surface area contributed by atoms with E-state index in [-0.39, 0.29) is 0 Å². The van der Waals surface area contributed by atoms with Crippen molar-refractivity contribution in [2.75, 3.05) is 18.0 Å². The van der Waals surface area contributed by atoms with Gasteiger partial charge in [-0.1, -0.05) is 17.7 Å². The van der Waals surface area contributed by atoms with E-state index in [1.807, 2.05) is 25.1 Å². The predicted octanol–water partition coefficient (Wildman–Crippen LogP) is 2.99. The molecular formula is C14H22ClNO2. The van der Waals surface area contributed by atoms with Crippen molar-refractivity contribution in [2.24, 2.45) is 0 Å². The summed E-state index contributed by atoms with van der Waals surface area (Å²) in [6.45, 7) is 8.60. The van der Waals surface area contributed by atoms with E-state index in [1.165, 1.54) is 0 Å². The van der Waals surface area contributed by atoms with Gasteiger partial charge in [0.1, 0.15) is 0 Å². The van der Waals surface area contributed by atoms with E-state index in [1.54, 1.807) is 20.8 Å². The molecule has 18 heavy (non-hydrogen) atoms. The molecule has 0 aliphatic carbocycles. The van der Waals surface area contributed by atoms with E-state index < -0.39 is 11.7 Å². The molecule has 0 saturated carbocycles.